The predicted molar refractivity (Wildman–Crippen MR) is 95.9 cm³/mol. The summed E-state index contributed by atoms with van der Waals surface area (Å²) >= 11 is 0. The van der Waals surface area contributed by atoms with E-state index in [1.807, 2.05) is 31.2 Å². The van der Waals surface area contributed by atoms with Gasteiger partial charge < -0.3 is 15.8 Å². The Balaban J connectivity index is 0.00000264. The summed E-state index contributed by atoms with van der Waals surface area (Å²) in [5, 5.41) is 3.03. The van der Waals surface area contributed by atoms with Gasteiger partial charge in [0, 0.05) is 18.5 Å². The van der Waals surface area contributed by atoms with E-state index in [-0.39, 0.29) is 23.7 Å². The number of carbonyl (C=O) groups excluding carboxylic acids is 1. The van der Waals surface area contributed by atoms with Gasteiger partial charge in [0.05, 0.1) is 6.61 Å². The van der Waals surface area contributed by atoms with Crippen molar-refractivity contribution < 1.29 is 9.53 Å². The Bertz CT molecular complexity index is 488. The van der Waals surface area contributed by atoms with Crippen molar-refractivity contribution in [1.82, 2.24) is 5.32 Å². The number of rotatable bonds is 7. The Morgan fingerprint density at radius 3 is 2.61 bits per heavy atom. The molecule has 1 aromatic carbocycles. The number of nitrogens with one attached hydrogen (secondary N) is 1. The van der Waals surface area contributed by atoms with Gasteiger partial charge in [-0.3, -0.25) is 4.79 Å². The first-order valence-corrected chi connectivity index (χ1v) is 8.36. The largest absolute Gasteiger partial charge is 0.494 e. The average Bonchev–Trinajstić information content (AvgIpc) is 2.55. The van der Waals surface area contributed by atoms with Gasteiger partial charge in [-0.1, -0.05) is 37.5 Å². The first kappa shape index (κ1) is 19.8. The van der Waals surface area contributed by atoms with Crippen LogP contribution in [0.5, 0.6) is 5.75 Å². The summed E-state index contributed by atoms with van der Waals surface area (Å²) < 4.78 is 5.59. The van der Waals surface area contributed by atoms with Crippen LogP contribution in [0.3, 0.4) is 0 Å². The van der Waals surface area contributed by atoms with Crippen LogP contribution in [0.25, 0.3) is 0 Å². The summed E-state index contributed by atoms with van der Waals surface area (Å²) in [7, 11) is 0. The standard InChI is InChI=1S/C18H28N2O2.ClH/c1-2-22-16-9-5-4-8-15(16)13-20-17(21)12-18(14-19)10-6-3-7-11-18;/h4-5,8-9H,2-3,6-7,10-14,19H2,1H3,(H,20,21);1H. The molecule has 23 heavy (non-hydrogen) atoms. The highest BCUT2D eigenvalue weighted by Crippen LogP contribution is 2.38. The minimum absolute atomic E-state index is 0. The molecule has 1 aromatic rings. The highest BCUT2D eigenvalue weighted by atomic mass is 35.5. The third kappa shape index (κ3) is 5.70. The van der Waals surface area contributed by atoms with E-state index in [9.17, 15) is 4.79 Å². The number of amides is 1. The van der Waals surface area contributed by atoms with Crippen molar-refractivity contribution in [2.45, 2.75) is 52.0 Å². The van der Waals surface area contributed by atoms with E-state index in [1.54, 1.807) is 0 Å². The number of hydrogen-bond donors (Lipinski definition) is 2. The van der Waals surface area contributed by atoms with Crippen LogP contribution in [-0.4, -0.2) is 19.1 Å². The first-order valence-electron chi connectivity index (χ1n) is 8.36. The molecule has 0 aliphatic heterocycles. The Morgan fingerprint density at radius 1 is 1.26 bits per heavy atom. The zero-order chi connectivity index (χ0) is 15.8. The summed E-state index contributed by atoms with van der Waals surface area (Å²) in [6.45, 7) is 3.70. The molecule has 0 spiro atoms. The van der Waals surface area contributed by atoms with Crippen LogP contribution in [0, 0.1) is 5.41 Å². The van der Waals surface area contributed by atoms with E-state index < -0.39 is 0 Å². The molecule has 0 bridgehead atoms. The van der Waals surface area contributed by atoms with Crippen LogP contribution in [-0.2, 0) is 11.3 Å². The molecule has 3 N–H and O–H groups in total. The van der Waals surface area contributed by atoms with Crippen molar-refractivity contribution in [1.29, 1.82) is 0 Å². The fourth-order valence-corrected chi connectivity index (χ4v) is 3.30. The lowest BCUT2D eigenvalue weighted by atomic mass is 9.71. The van der Waals surface area contributed by atoms with Gasteiger partial charge in [-0.25, -0.2) is 0 Å². The van der Waals surface area contributed by atoms with E-state index in [4.69, 9.17) is 10.5 Å². The lowest BCUT2D eigenvalue weighted by Gasteiger charge is -2.35. The minimum atomic E-state index is 0. The number of para-hydroxylation sites is 1. The van der Waals surface area contributed by atoms with Crippen LogP contribution in [0.4, 0.5) is 0 Å². The van der Waals surface area contributed by atoms with Crippen molar-refractivity contribution in [2.75, 3.05) is 13.2 Å². The summed E-state index contributed by atoms with van der Waals surface area (Å²) in [6, 6.07) is 7.84. The van der Waals surface area contributed by atoms with E-state index in [1.165, 1.54) is 19.3 Å². The maximum absolute atomic E-state index is 12.3. The number of hydrogen-bond acceptors (Lipinski definition) is 3. The van der Waals surface area contributed by atoms with Crippen LogP contribution in [0.15, 0.2) is 24.3 Å². The van der Waals surface area contributed by atoms with Gasteiger partial charge in [0.2, 0.25) is 5.91 Å². The first-order chi connectivity index (χ1) is 10.7. The van der Waals surface area contributed by atoms with Gasteiger partial charge in [0.25, 0.3) is 0 Å². The predicted octanol–water partition coefficient (Wildman–Crippen LogP) is 3.42. The van der Waals surface area contributed by atoms with Gasteiger partial charge in [0.15, 0.2) is 0 Å². The summed E-state index contributed by atoms with van der Waals surface area (Å²) in [6.07, 6.45) is 6.35. The van der Waals surface area contributed by atoms with E-state index in [0.717, 1.165) is 24.2 Å². The monoisotopic (exact) mass is 340 g/mol. The van der Waals surface area contributed by atoms with Crippen molar-refractivity contribution in [3.8, 4) is 5.75 Å². The molecule has 0 radical (unpaired) electrons. The fourth-order valence-electron chi connectivity index (χ4n) is 3.30. The molecule has 1 fully saturated rings. The molecule has 0 aromatic heterocycles. The fraction of sp³-hybridized carbons (Fsp3) is 0.611. The number of carbonyl (C=O) groups is 1. The molecule has 0 unspecified atom stereocenters. The van der Waals surface area contributed by atoms with E-state index in [0.29, 0.717) is 26.1 Å². The van der Waals surface area contributed by atoms with Crippen molar-refractivity contribution >= 4 is 18.3 Å². The summed E-state index contributed by atoms with van der Waals surface area (Å²) in [5.74, 6) is 0.940. The Labute approximate surface area is 145 Å². The van der Waals surface area contributed by atoms with Gasteiger partial charge in [-0.2, -0.15) is 0 Å². The van der Waals surface area contributed by atoms with Crippen LogP contribution in [0.2, 0.25) is 0 Å². The Morgan fingerprint density at radius 2 is 1.96 bits per heavy atom. The molecule has 1 aliphatic carbocycles. The van der Waals surface area contributed by atoms with Crippen molar-refractivity contribution in [2.24, 2.45) is 11.1 Å². The second-order valence-corrected chi connectivity index (χ2v) is 6.26. The summed E-state index contributed by atoms with van der Waals surface area (Å²) in [4.78, 5) is 12.3. The second kappa shape index (κ2) is 9.78. The Hall–Kier alpha value is -1.26. The molecule has 1 saturated carbocycles. The topological polar surface area (TPSA) is 64.3 Å². The second-order valence-electron chi connectivity index (χ2n) is 6.26. The zero-order valence-electron chi connectivity index (χ0n) is 14.0. The molecule has 1 aliphatic rings. The minimum Gasteiger partial charge on any atom is -0.494 e. The number of ether oxygens (including phenoxy) is 1. The average molecular weight is 341 g/mol. The number of halogens is 1. The molecule has 130 valence electrons. The third-order valence-corrected chi connectivity index (χ3v) is 4.63. The van der Waals surface area contributed by atoms with Crippen LogP contribution in [0.1, 0.15) is 51.0 Å². The quantitative estimate of drug-likeness (QED) is 0.799. The molecule has 0 saturated heterocycles. The lowest BCUT2D eigenvalue weighted by Crippen LogP contribution is -2.38. The SMILES string of the molecule is CCOc1ccccc1CNC(=O)CC1(CN)CCCCC1.Cl. The van der Waals surface area contributed by atoms with Crippen molar-refractivity contribution in [3.05, 3.63) is 29.8 Å². The third-order valence-electron chi connectivity index (χ3n) is 4.63. The number of nitrogens with two attached hydrogens (primary N) is 1. The van der Waals surface area contributed by atoms with E-state index in [2.05, 4.69) is 5.32 Å². The summed E-state index contributed by atoms with van der Waals surface area (Å²) in [5.41, 5.74) is 6.99. The normalized spacial score (nSPS) is 16.3. The molecular weight excluding hydrogens is 312 g/mol. The van der Waals surface area contributed by atoms with Crippen LogP contribution >= 0.6 is 12.4 Å². The number of benzene rings is 1. The Kier molecular flexibility index (Phi) is 8.42. The molecular formula is C18H29ClN2O2. The van der Waals surface area contributed by atoms with Crippen LogP contribution < -0.4 is 15.8 Å². The van der Waals surface area contributed by atoms with E-state index >= 15 is 0 Å². The van der Waals surface area contributed by atoms with Gasteiger partial charge in [0.1, 0.15) is 5.75 Å². The zero-order valence-corrected chi connectivity index (χ0v) is 14.8. The molecule has 4 nitrogen and oxygen atoms in total. The molecule has 0 atom stereocenters. The molecule has 2 rings (SSSR count). The maximum Gasteiger partial charge on any atom is 0.220 e. The smallest absolute Gasteiger partial charge is 0.220 e. The molecule has 0 heterocycles. The molecule has 5 heteroatoms. The van der Waals surface area contributed by atoms with Gasteiger partial charge >= 0.3 is 0 Å². The highest BCUT2D eigenvalue weighted by Gasteiger charge is 2.32. The maximum atomic E-state index is 12.3. The highest BCUT2D eigenvalue weighted by molar-refractivity contribution is 5.85. The van der Waals surface area contributed by atoms with Crippen molar-refractivity contribution in [3.63, 3.8) is 0 Å². The molecule has 1 amide bonds. The van der Waals surface area contributed by atoms with Gasteiger partial charge in [-0.05, 0) is 37.8 Å². The van der Waals surface area contributed by atoms with Gasteiger partial charge in [-0.15, -0.1) is 12.4 Å². The lowest BCUT2D eigenvalue weighted by molar-refractivity contribution is -0.124.